The summed E-state index contributed by atoms with van der Waals surface area (Å²) in [6.07, 6.45) is 1.99. The van der Waals surface area contributed by atoms with Gasteiger partial charge in [-0.3, -0.25) is 19.3 Å². The van der Waals surface area contributed by atoms with Crippen molar-refractivity contribution in [1.29, 1.82) is 0 Å². The van der Waals surface area contributed by atoms with E-state index in [4.69, 9.17) is 4.74 Å². The number of hydrogen-bond acceptors (Lipinski definition) is 6. The first kappa shape index (κ1) is 22.9. The first-order valence-electron chi connectivity index (χ1n) is 10.9. The normalized spacial score (nSPS) is 13.3. The monoisotopic (exact) mass is 460 g/mol. The summed E-state index contributed by atoms with van der Waals surface area (Å²) in [5.41, 5.74) is 3.61. The van der Waals surface area contributed by atoms with Crippen LogP contribution in [0, 0.1) is 6.92 Å². The third kappa shape index (κ3) is 4.73. The number of nitrogens with one attached hydrogen (secondary N) is 1. The van der Waals surface area contributed by atoms with Gasteiger partial charge in [-0.2, -0.15) is 5.10 Å². The van der Waals surface area contributed by atoms with Crippen molar-refractivity contribution in [1.82, 2.24) is 14.7 Å². The SMILES string of the molecule is CCOC(=O)c1cnn(-c2ccc(C(=O)Nc3ccc(CN4C(=O)CCC4=O)cc3)cc2)c1C. The van der Waals surface area contributed by atoms with Gasteiger partial charge in [0.15, 0.2) is 0 Å². The van der Waals surface area contributed by atoms with Gasteiger partial charge in [0.05, 0.1) is 30.7 Å². The van der Waals surface area contributed by atoms with E-state index in [1.165, 1.54) is 11.1 Å². The molecule has 3 aromatic rings. The summed E-state index contributed by atoms with van der Waals surface area (Å²) >= 11 is 0. The van der Waals surface area contributed by atoms with E-state index in [9.17, 15) is 19.2 Å². The molecule has 0 bridgehead atoms. The molecule has 1 aliphatic rings. The molecule has 0 atom stereocenters. The third-order valence-corrected chi connectivity index (χ3v) is 5.59. The number of hydrogen-bond donors (Lipinski definition) is 1. The zero-order valence-corrected chi connectivity index (χ0v) is 18.9. The van der Waals surface area contributed by atoms with E-state index in [2.05, 4.69) is 10.4 Å². The molecule has 2 aromatic carbocycles. The number of esters is 1. The number of benzene rings is 2. The molecule has 1 N–H and O–H groups in total. The maximum Gasteiger partial charge on any atom is 0.341 e. The van der Waals surface area contributed by atoms with Gasteiger partial charge in [0.1, 0.15) is 5.56 Å². The molecule has 0 saturated carbocycles. The summed E-state index contributed by atoms with van der Waals surface area (Å²) in [5.74, 6) is -1.03. The van der Waals surface area contributed by atoms with Gasteiger partial charge in [-0.25, -0.2) is 9.48 Å². The van der Waals surface area contributed by atoms with Crippen LogP contribution in [0.25, 0.3) is 5.69 Å². The molecule has 0 radical (unpaired) electrons. The predicted molar refractivity (Wildman–Crippen MR) is 123 cm³/mol. The van der Waals surface area contributed by atoms with Crippen LogP contribution in [-0.4, -0.2) is 45.0 Å². The van der Waals surface area contributed by atoms with Gasteiger partial charge in [-0.1, -0.05) is 12.1 Å². The highest BCUT2D eigenvalue weighted by molar-refractivity contribution is 6.04. The molecule has 0 unspecified atom stereocenters. The second-order valence-electron chi connectivity index (χ2n) is 7.85. The number of anilines is 1. The number of likely N-dealkylation sites (tertiary alicyclic amines) is 1. The smallest absolute Gasteiger partial charge is 0.341 e. The maximum absolute atomic E-state index is 12.7. The molecule has 9 nitrogen and oxygen atoms in total. The van der Waals surface area contributed by atoms with Crippen LogP contribution in [0.1, 0.15) is 51.7 Å². The van der Waals surface area contributed by atoms with Gasteiger partial charge in [-0.05, 0) is 55.8 Å². The number of aromatic nitrogens is 2. The third-order valence-electron chi connectivity index (χ3n) is 5.59. The molecule has 1 aliphatic heterocycles. The van der Waals surface area contributed by atoms with Crippen molar-refractivity contribution in [3.8, 4) is 5.69 Å². The molecule has 0 spiro atoms. The zero-order chi connectivity index (χ0) is 24.2. The molecule has 4 rings (SSSR count). The average Bonchev–Trinajstić information content (AvgIpc) is 3.37. The Kier molecular flexibility index (Phi) is 6.53. The number of amides is 3. The fourth-order valence-corrected chi connectivity index (χ4v) is 3.71. The van der Waals surface area contributed by atoms with E-state index in [0.29, 0.717) is 28.2 Å². The van der Waals surface area contributed by atoms with E-state index in [-0.39, 0.29) is 43.7 Å². The van der Waals surface area contributed by atoms with E-state index in [0.717, 1.165) is 5.56 Å². The second kappa shape index (κ2) is 9.70. The Morgan fingerprint density at radius 2 is 1.65 bits per heavy atom. The molecular formula is C25H24N4O5. The van der Waals surface area contributed by atoms with Gasteiger partial charge >= 0.3 is 5.97 Å². The summed E-state index contributed by atoms with van der Waals surface area (Å²) in [7, 11) is 0. The number of ether oxygens (including phenoxy) is 1. The Labute approximate surface area is 196 Å². The fraction of sp³-hybridized carbons (Fsp3) is 0.240. The molecule has 2 heterocycles. The van der Waals surface area contributed by atoms with Crippen LogP contribution >= 0.6 is 0 Å². The van der Waals surface area contributed by atoms with Gasteiger partial charge in [0.25, 0.3) is 5.91 Å². The predicted octanol–water partition coefficient (Wildman–Crippen LogP) is 3.26. The molecule has 1 saturated heterocycles. The van der Waals surface area contributed by atoms with Crippen molar-refractivity contribution in [2.45, 2.75) is 33.2 Å². The summed E-state index contributed by atoms with van der Waals surface area (Å²) in [4.78, 5) is 49.5. The van der Waals surface area contributed by atoms with Crippen molar-refractivity contribution < 1.29 is 23.9 Å². The van der Waals surface area contributed by atoms with Crippen LogP contribution in [0.15, 0.2) is 54.7 Å². The Hall–Kier alpha value is -4.27. The van der Waals surface area contributed by atoms with Crippen LogP contribution in [0.3, 0.4) is 0 Å². The maximum atomic E-state index is 12.7. The first-order valence-corrected chi connectivity index (χ1v) is 10.9. The Morgan fingerprint density at radius 1 is 1.00 bits per heavy atom. The largest absolute Gasteiger partial charge is 0.462 e. The summed E-state index contributed by atoms with van der Waals surface area (Å²) < 4.78 is 6.65. The lowest BCUT2D eigenvalue weighted by molar-refractivity contribution is -0.139. The first-order chi connectivity index (χ1) is 16.4. The van der Waals surface area contributed by atoms with Crippen LogP contribution in [0.5, 0.6) is 0 Å². The van der Waals surface area contributed by atoms with E-state index in [1.807, 2.05) is 0 Å². The summed E-state index contributed by atoms with van der Waals surface area (Å²) in [6, 6.07) is 13.9. The number of rotatable bonds is 7. The molecular weight excluding hydrogens is 436 g/mol. The molecule has 0 aliphatic carbocycles. The van der Waals surface area contributed by atoms with Crippen molar-refractivity contribution in [2.24, 2.45) is 0 Å². The van der Waals surface area contributed by atoms with Crippen LogP contribution in [-0.2, 0) is 20.9 Å². The molecule has 1 aromatic heterocycles. The number of carbonyl (C=O) groups is 4. The average molecular weight is 460 g/mol. The lowest BCUT2D eigenvalue weighted by Crippen LogP contribution is -2.28. The van der Waals surface area contributed by atoms with Crippen molar-refractivity contribution in [2.75, 3.05) is 11.9 Å². The van der Waals surface area contributed by atoms with Gasteiger partial charge in [0.2, 0.25) is 11.8 Å². The number of carbonyl (C=O) groups excluding carboxylic acids is 4. The lowest BCUT2D eigenvalue weighted by atomic mass is 10.1. The minimum absolute atomic E-state index is 0.159. The van der Waals surface area contributed by atoms with Gasteiger partial charge in [0, 0.05) is 24.1 Å². The van der Waals surface area contributed by atoms with Crippen molar-refractivity contribution in [3.63, 3.8) is 0 Å². The summed E-state index contributed by atoms with van der Waals surface area (Å²) in [5, 5.41) is 7.09. The fourth-order valence-electron chi connectivity index (χ4n) is 3.71. The van der Waals surface area contributed by atoms with Crippen LogP contribution < -0.4 is 5.32 Å². The minimum atomic E-state index is -0.424. The summed E-state index contributed by atoms with van der Waals surface area (Å²) in [6.45, 7) is 4.04. The zero-order valence-electron chi connectivity index (χ0n) is 18.9. The molecule has 9 heteroatoms. The van der Waals surface area contributed by atoms with E-state index < -0.39 is 5.97 Å². The van der Waals surface area contributed by atoms with Crippen molar-refractivity contribution >= 4 is 29.4 Å². The van der Waals surface area contributed by atoms with Gasteiger partial charge < -0.3 is 10.1 Å². The highest BCUT2D eigenvalue weighted by atomic mass is 16.5. The molecule has 174 valence electrons. The Morgan fingerprint density at radius 3 is 2.26 bits per heavy atom. The highest BCUT2D eigenvalue weighted by Crippen LogP contribution is 2.19. The van der Waals surface area contributed by atoms with E-state index in [1.54, 1.807) is 67.1 Å². The van der Waals surface area contributed by atoms with Crippen LogP contribution in [0.4, 0.5) is 5.69 Å². The minimum Gasteiger partial charge on any atom is -0.462 e. The lowest BCUT2D eigenvalue weighted by Gasteiger charge is -2.14. The number of nitrogens with zero attached hydrogens (tertiary/aromatic N) is 3. The molecule has 34 heavy (non-hydrogen) atoms. The van der Waals surface area contributed by atoms with Crippen molar-refractivity contribution in [3.05, 3.63) is 77.1 Å². The highest BCUT2D eigenvalue weighted by Gasteiger charge is 2.28. The molecule has 1 fully saturated rings. The Bertz CT molecular complexity index is 1230. The standard InChI is InChI=1S/C25H24N4O5/c1-3-34-25(33)21-14-26-29(16(21)2)20-10-6-18(7-11-20)24(32)27-19-8-4-17(5-9-19)15-28-22(30)12-13-23(28)31/h4-11,14H,3,12-13,15H2,1-2H3,(H,27,32). The number of imide groups is 1. The van der Waals surface area contributed by atoms with E-state index >= 15 is 0 Å². The van der Waals surface area contributed by atoms with Gasteiger partial charge in [-0.15, -0.1) is 0 Å². The quantitative estimate of drug-likeness (QED) is 0.428. The van der Waals surface area contributed by atoms with Crippen LogP contribution in [0.2, 0.25) is 0 Å². The molecule has 3 amide bonds. The Balaban J connectivity index is 1.40. The second-order valence-corrected chi connectivity index (χ2v) is 7.85. The topological polar surface area (TPSA) is 111 Å².